The van der Waals surface area contributed by atoms with Crippen LogP contribution in [-0.2, 0) is 6.61 Å². The third kappa shape index (κ3) is 3.66. The van der Waals surface area contributed by atoms with Crippen molar-refractivity contribution >= 4 is 22.6 Å². The van der Waals surface area contributed by atoms with Gasteiger partial charge >= 0.3 is 6.36 Å². The summed E-state index contributed by atoms with van der Waals surface area (Å²) < 4.78 is 39.5. The molecule has 0 amide bonds. The first-order valence-corrected chi connectivity index (χ1v) is 4.51. The fourth-order valence-electron chi connectivity index (χ4n) is 0.777. The zero-order chi connectivity index (χ0) is 10.8. The molecule has 1 aromatic rings. The van der Waals surface area contributed by atoms with Crippen LogP contribution in [0, 0.1) is 3.57 Å². The molecule has 3 nitrogen and oxygen atoms in total. The van der Waals surface area contributed by atoms with E-state index in [1.807, 2.05) is 22.6 Å². The Hall–Kier alpha value is -0.570. The molecule has 0 aliphatic heterocycles. The SMILES string of the molecule is OCc1cc(I)cc(OC(F)(F)F)n1. The highest BCUT2D eigenvalue weighted by molar-refractivity contribution is 14.1. The van der Waals surface area contributed by atoms with Crippen molar-refractivity contribution in [3.8, 4) is 5.88 Å². The van der Waals surface area contributed by atoms with Crippen molar-refractivity contribution in [1.29, 1.82) is 0 Å². The van der Waals surface area contributed by atoms with Crippen LogP contribution >= 0.6 is 22.6 Å². The second-order valence-corrected chi connectivity index (χ2v) is 3.57. The van der Waals surface area contributed by atoms with E-state index in [2.05, 4.69) is 9.72 Å². The summed E-state index contributed by atoms with van der Waals surface area (Å²) in [7, 11) is 0. The summed E-state index contributed by atoms with van der Waals surface area (Å²) in [6, 6.07) is 2.59. The molecule has 1 N–H and O–H groups in total. The van der Waals surface area contributed by atoms with Crippen molar-refractivity contribution in [2.24, 2.45) is 0 Å². The van der Waals surface area contributed by atoms with Gasteiger partial charge in [-0.2, -0.15) is 0 Å². The molecule has 0 radical (unpaired) electrons. The molecule has 0 fully saturated rings. The van der Waals surface area contributed by atoms with Crippen molar-refractivity contribution in [2.45, 2.75) is 13.0 Å². The van der Waals surface area contributed by atoms with E-state index in [4.69, 9.17) is 5.11 Å². The van der Waals surface area contributed by atoms with Crippen LogP contribution in [0.3, 0.4) is 0 Å². The summed E-state index contributed by atoms with van der Waals surface area (Å²) in [6.07, 6.45) is -4.76. The number of hydrogen-bond donors (Lipinski definition) is 1. The minimum Gasteiger partial charge on any atom is -0.390 e. The molecule has 0 atom stereocenters. The summed E-state index contributed by atoms with van der Waals surface area (Å²) >= 11 is 1.81. The topological polar surface area (TPSA) is 42.4 Å². The van der Waals surface area contributed by atoms with Gasteiger partial charge in [-0.3, -0.25) is 0 Å². The fourth-order valence-corrected chi connectivity index (χ4v) is 1.40. The number of rotatable bonds is 2. The molecule has 1 aromatic heterocycles. The Morgan fingerprint density at radius 2 is 2.07 bits per heavy atom. The smallest absolute Gasteiger partial charge is 0.390 e. The molecule has 0 saturated carbocycles. The lowest BCUT2D eigenvalue weighted by molar-refractivity contribution is -0.276. The minimum absolute atomic E-state index is 0.135. The van der Waals surface area contributed by atoms with Gasteiger partial charge in [0.2, 0.25) is 5.88 Å². The van der Waals surface area contributed by atoms with Gasteiger partial charge in [-0.05, 0) is 28.7 Å². The Labute approximate surface area is 91.0 Å². The van der Waals surface area contributed by atoms with Crippen molar-refractivity contribution in [3.05, 3.63) is 21.4 Å². The van der Waals surface area contributed by atoms with Gasteiger partial charge in [0, 0.05) is 9.64 Å². The van der Waals surface area contributed by atoms with Crippen LogP contribution in [0.25, 0.3) is 0 Å². The monoisotopic (exact) mass is 319 g/mol. The molecule has 0 aliphatic carbocycles. The minimum atomic E-state index is -4.76. The maximum Gasteiger partial charge on any atom is 0.574 e. The van der Waals surface area contributed by atoms with E-state index in [9.17, 15) is 13.2 Å². The number of hydrogen-bond acceptors (Lipinski definition) is 3. The predicted octanol–water partition coefficient (Wildman–Crippen LogP) is 2.08. The number of aliphatic hydroxyl groups is 1. The first-order chi connectivity index (χ1) is 6.40. The second-order valence-electron chi connectivity index (χ2n) is 2.32. The van der Waals surface area contributed by atoms with Crippen molar-refractivity contribution in [2.75, 3.05) is 0 Å². The summed E-state index contributed by atoms with van der Waals surface area (Å²) in [5.41, 5.74) is 0.135. The van der Waals surface area contributed by atoms with Crippen molar-refractivity contribution < 1.29 is 23.0 Å². The van der Waals surface area contributed by atoms with E-state index in [-0.39, 0.29) is 5.69 Å². The van der Waals surface area contributed by atoms with Crippen LogP contribution in [-0.4, -0.2) is 16.5 Å². The summed E-state index contributed by atoms with van der Waals surface area (Å²) in [5.74, 6) is -0.562. The van der Waals surface area contributed by atoms with Gasteiger partial charge in [-0.1, -0.05) is 0 Å². The quantitative estimate of drug-likeness (QED) is 0.849. The van der Waals surface area contributed by atoms with Crippen molar-refractivity contribution in [1.82, 2.24) is 4.98 Å². The number of nitrogens with zero attached hydrogens (tertiary/aromatic N) is 1. The van der Waals surface area contributed by atoms with Crippen LogP contribution in [0.2, 0.25) is 0 Å². The Kier molecular flexibility index (Phi) is 3.53. The van der Waals surface area contributed by atoms with Crippen LogP contribution in [0.15, 0.2) is 12.1 Å². The zero-order valence-corrected chi connectivity index (χ0v) is 8.83. The molecule has 78 valence electrons. The number of aromatic nitrogens is 1. The van der Waals surface area contributed by atoms with Crippen LogP contribution in [0.5, 0.6) is 5.88 Å². The molecule has 1 rings (SSSR count). The summed E-state index contributed by atoms with van der Waals surface area (Å²) in [6.45, 7) is -0.426. The molecule has 0 unspecified atom stereocenters. The molecular formula is C7H5F3INO2. The molecule has 0 bridgehead atoms. The van der Waals surface area contributed by atoms with E-state index in [0.29, 0.717) is 3.57 Å². The van der Waals surface area contributed by atoms with Gasteiger partial charge in [-0.15, -0.1) is 13.2 Å². The molecule has 1 heterocycles. The summed E-state index contributed by atoms with van der Waals surface area (Å²) in [4.78, 5) is 3.44. The maximum atomic E-state index is 11.8. The van der Waals surface area contributed by atoms with Gasteiger partial charge < -0.3 is 9.84 Å². The van der Waals surface area contributed by atoms with E-state index in [0.717, 1.165) is 6.07 Å². The highest BCUT2D eigenvalue weighted by Gasteiger charge is 2.31. The predicted molar refractivity (Wildman–Crippen MR) is 49.6 cm³/mol. The average molecular weight is 319 g/mol. The van der Waals surface area contributed by atoms with Crippen molar-refractivity contribution in [3.63, 3.8) is 0 Å². The Bertz CT molecular complexity index is 329. The zero-order valence-electron chi connectivity index (χ0n) is 6.68. The summed E-state index contributed by atoms with van der Waals surface area (Å²) in [5, 5.41) is 8.68. The van der Waals surface area contributed by atoms with Gasteiger partial charge in [0.15, 0.2) is 0 Å². The van der Waals surface area contributed by atoms with E-state index >= 15 is 0 Å². The lowest BCUT2D eigenvalue weighted by Crippen LogP contribution is -2.18. The molecule has 0 aromatic carbocycles. The van der Waals surface area contributed by atoms with Crippen LogP contribution < -0.4 is 4.74 Å². The fraction of sp³-hybridized carbons (Fsp3) is 0.286. The largest absolute Gasteiger partial charge is 0.574 e. The first kappa shape index (κ1) is 11.5. The molecule has 0 aliphatic rings. The lowest BCUT2D eigenvalue weighted by Gasteiger charge is -2.08. The maximum absolute atomic E-state index is 11.8. The number of aliphatic hydroxyl groups excluding tert-OH is 1. The third-order valence-electron chi connectivity index (χ3n) is 1.20. The standard InChI is InChI=1S/C7H5F3INO2/c8-7(9,10)14-6-2-4(11)1-5(3-13)12-6/h1-2,13H,3H2. The first-order valence-electron chi connectivity index (χ1n) is 3.44. The van der Waals surface area contributed by atoms with Gasteiger partial charge in [0.1, 0.15) is 0 Å². The van der Waals surface area contributed by atoms with Gasteiger partial charge in [0.25, 0.3) is 0 Å². The molecule has 0 saturated heterocycles. The highest BCUT2D eigenvalue weighted by Crippen LogP contribution is 2.22. The molecule has 0 spiro atoms. The lowest BCUT2D eigenvalue weighted by atomic mass is 10.4. The van der Waals surface area contributed by atoms with Gasteiger partial charge in [-0.25, -0.2) is 4.98 Å². The number of ether oxygens (including phenoxy) is 1. The Morgan fingerprint density at radius 1 is 1.43 bits per heavy atom. The Balaban J connectivity index is 2.92. The molecule has 14 heavy (non-hydrogen) atoms. The number of halogens is 4. The van der Waals surface area contributed by atoms with Gasteiger partial charge in [0.05, 0.1) is 12.3 Å². The van der Waals surface area contributed by atoms with E-state index in [1.165, 1.54) is 6.07 Å². The van der Waals surface area contributed by atoms with Crippen LogP contribution in [0.4, 0.5) is 13.2 Å². The number of pyridine rings is 1. The number of alkyl halides is 3. The molecular weight excluding hydrogens is 314 g/mol. The molecule has 7 heteroatoms. The third-order valence-corrected chi connectivity index (χ3v) is 1.82. The average Bonchev–Trinajstić information content (AvgIpc) is 1.99. The van der Waals surface area contributed by atoms with Crippen LogP contribution in [0.1, 0.15) is 5.69 Å². The van der Waals surface area contributed by atoms with E-state index in [1.54, 1.807) is 0 Å². The highest BCUT2D eigenvalue weighted by atomic mass is 127. The second kappa shape index (κ2) is 4.30. The van der Waals surface area contributed by atoms with E-state index < -0.39 is 18.8 Å². The normalized spacial score (nSPS) is 11.5. The Morgan fingerprint density at radius 3 is 2.57 bits per heavy atom.